The minimum Gasteiger partial charge on any atom is -0.493 e. The number of fused-ring (bicyclic) bond motifs is 1. The van der Waals surface area contributed by atoms with Gasteiger partial charge in [0.25, 0.3) is 5.91 Å². The summed E-state index contributed by atoms with van der Waals surface area (Å²) >= 11 is 12.4. The molecule has 0 unspecified atom stereocenters. The van der Waals surface area contributed by atoms with Crippen molar-refractivity contribution in [1.29, 1.82) is 0 Å². The molecule has 0 radical (unpaired) electrons. The number of ether oxygens (including phenoxy) is 2. The third kappa shape index (κ3) is 4.12. The van der Waals surface area contributed by atoms with Crippen molar-refractivity contribution in [3.63, 3.8) is 0 Å². The molecule has 0 saturated carbocycles. The normalized spacial score (nSPS) is 13.9. The summed E-state index contributed by atoms with van der Waals surface area (Å²) in [5.41, 5.74) is 1.40. The van der Waals surface area contributed by atoms with Gasteiger partial charge in [0.2, 0.25) is 0 Å². The van der Waals surface area contributed by atoms with E-state index in [9.17, 15) is 9.59 Å². The lowest BCUT2D eigenvalue weighted by Gasteiger charge is -2.32. The van der Waals surface area contributed by atoms with E-state index in [0.29, 0.717) is 44.2 Å². The maximum atomic E-state index is 13.1. The number of anilines is 2. The van der Waals surface area contributed by atoms with Crippen LogP contribution in [-0.4, -0.2) is 41.3 Å². The van der Waals surface area contributed by atoms with E-state index in [1.54, 1.807) is 41.3 Å². The predicted octanol–water partition coefficient (Wildman–Crippen LogP) is 5.27. The van der Waals surface area contributed by atoms with E-state index >= 15 is 0 Å². The van der Waals surface area contributed by atoms with Gasteiger partial charge in [-0.1, -0.05) is 29.3 Å². The van der Waals surface area contributed by atoms with Crippen LogP contribution in [0.15, 0.2) is 36.4 Å². The Bertz CT molecular complexity index is 1250. The van der Waals surface area contributed by atoms with E-state index < -0.39 is 5.54 Å². The van der Waals surface area contributed by atoms with Gasteiger partial charge in [-0.2, -0.15) is 5.10 Å². The molecule has 1 aliphatic rings. The lowest BCUT2D eigenvalue weighted by Crippen LogP contribution is -2.43. The fraction of sp³-hybridized carbons (Fsp3) is 0.261. The molecule has 0 saturated heterocycles. The number of H-pyrrole nitrogens is 1. The minimum absolute atomic E-state index is 0.217. The Kier molecular flexibility index (Phi) is 6.33. The number of aromatic nitrogens is 2. The highest BCUT2D eigenvalue weighted by molar-refractivity contribution is 6.39. The molecule has 3 amide bonds. The zero-order valence-corrected chi connectivity index (χ0v) is 20.5. The Morgan fingerprint density at radius 1 is 1.06 bits per heavy atom. The lowest BCUT2D eigenvalue weighted by atomic mass is 10.0. The number of carbonyl (C=O) groups excluding carboxylic acids is 2. The van der Waals surface area contributed by atoms with E-state index in [2.05, 4.69) is 20.8 Å². The highest BCUT2D eigenvalue weighted by Gasteiger charge is 2.44. The maximum absolute atomic E-state index is 13.1. The first-order chi connectivity index (χ1) is 16.2. The summed E-state index contributed by atoms with van der Waals surface area (Å²) in [5, 5.41) is 13.5. The fourth-order valence-electron chi connectivity index (χ4n) is 3.89. The van der Waals surface area contributed by atoms with Gasteiger partial charge in [0.1, 0.15) is 0 Å². The van der Waals surface area contributed by atoms with E-state index in [1.165, 1.54) is 14.2 Å². The first kappa shape index (κ1) is 23.7. The number of nitrogens with zero attached hydrogens (tertiary/aromatic N) is 2. The average molecular weight is 504 g/mol. The number of rotatable bonds is 5. The Morgan fingerprint density at radius 3 is 2.38 bits per heavy atom. The molecule has 0 fully saturated rings. The summed E-state index contributed by atoms with van der Waals surface area (Å²) in [6.45, 7) is 3.98. The van der Waals surface area contributed by atoms with Crippen LogP contribution >= 0.6 is 23.2 Å². The molecule has 3 N–H and O–H groups in total. The number of urea groups is 1. The van der Waals surface area contributed by atoms with Gasteiger partial charge in [-0.3, -0.25) is 9.89 Å². The zero-order valence-electron chi connectivity index (χ0n) is 19.0. The second kappa shape index (κ2) is 9.08. The number of halogens is 2. The summed E-state index contributed by atoms with van der Waals surface area (Å²) in [4.78, 5) is 27.6. The van der Waals surface area contributed by atoms with Crippen molar-refractivity contribution in [2.45, 2.75) is 25.9 Å². The van der Waals surface area contributed by atoms with Crippen LogP contribution in [0.5, 0.6) is 11.5 Å². The van der Waals surface area contributed by atoms with Crippen LogP contribution in [0.25, 0.3) is 0 Å². The molecule has 34 heavy (non-hydrogen) atoms. The zero-order chi connectivity index (χ0) is 24.6. The Morgan fingerprint density at radius 2 is 1.74 bits per heavy atom. The number of carbonyl (C=O) groups is 2. The average Bonchev–Trinajstić information content (AvgIpc) is 3.33. The molecule has 2 aromatic carbocycles. The molecule has 3 aromatic rings. The van der Waals surface area contributed by atoms with Crippen LogP contribution in [0, 0.1) is 0 Å². The van der Waals surface area contributed by atoms with Crippen molar-refractivity contribution in [3.8, 4) is 11.5 Å². The molecule has 9 nitrogen and oxygen atoms in total. The molecule has 4 rings (SSSR count). The third-order valence-electron chi connectivity index (χ3n) is 5.79. The van der Waals surface area contributed by atoms with E-state index in [4.69, 9.17) is 32.7 Å². The molecule has 0 aliphatic carbocycles. The Labute approximate surface area is 206 Å². The smallest absolute Gasteiger partial charge is 0.323 e. The molecular weight excluding hydrogens is 481 g/mol. The summed E-state index contributed by atoms with van der Waals surface area (Å²) in [6, 6.07) is 9.46. The number of aromatic amines is 1. The first-order valence-electron chi connectivity index (χ1n) is 10.3. The van der Waals surface area contributed by atoms with E-state index in [-0.39, 0.29) is 18.5 Å². The number of benzene rings is 2. The standard InChI is InChI=1S/C23H23Cl2N5O4/c1-23(2)19-13(11-30(23)22(32)26-18-14(24)6-5-7-15(18)25)20(29-28-19)27-21(31)12-8-9-16(33-3)17(10-12)34-4/h5-10H,11H2,1-4H3,(H,26,32)(H2,27,28,29,31). The van der Waals surface area contributed by atoms with Gasteiger partial charge in [0.15, 0.2) is 17.3 Å². The molecule has 2 heterocycles. The number of hydrogen-bond acceptors (Lipinski definition) is 5. The number of methoxy groups -OCH3 is 2. The molecular formula is C23H23Cl2N5O4. The van der Waals surface area contributed by atoms with Crippen LogP contribution in [0.1, 0.15) is 35.5 Å². The second-order valence-corrected chi connectivity index (χ2v) is 8.94. The Balaban J connectivity index is 1.55. The van der Waals surface area contributed by atoms with Gasteiger partial charge < -0.3 is 25.0 Å². The Hall–Kier alpha value is -3.43. The highest BCUT2D eigenvalue weighted by Crippen LogP contribution is 2.41. The number of hydrogen-bond donors (Lipinski definition) is 3. The van der Waals surface area contributed by atoms with Crippen LogP contribution in [-0.2, 0) is 12.1 Å². The van der Waals surface area contributed by atoms with Gasteiger partial charge >= 0.3 is 6.03 Å². The summed E-state index contributed by atoms with van der Waals surface area (Å²) < 4.78 is 10.5. The molecule has 11 heteroatoms. The van der Waals surface area contributed by atoms with Gasteiger partial charge in [0.05, 0.1) is 47.7 Å². The van der Waals surface area contributed by atoms with Crippen LogP contribution in [0.2, 0.25) is 10.0 Å². The molecule has 178 valence electrons. The van der Waals surface area contributed by atoms with Gasteiger partial charge in [-0.15, -0.1) is 0 Å². The van der Waals surface area contributed by atoms with Crippen molar-refractivity contribution in [1.82, 2.24) is 15.1 Å². The largest absolute Gasteiger partial charge is 0.493 e. The molecule has 0 spiro atoms. The fourth-order valence-corrected chi connectivity index (χ4v) is 4.39. The van der Waals surface area contributed by atoms with Crippen molar-refractivity contribution < 1.29 is 19.1 Å². The van der Waals surface area contributed by atoms with E-state index in [0.717, 1.165) is 5.69 Å². The van der Waals surface area contributed by atoms with Crippen molar-refractivity contribution in [3.05, 3.63) is 63.3 Å². The molecule has 1 aliphatic heterocycles. The molecule has 1 aromatic heterocycles. The summed E-state index contributed by atoms with van der Waals surface area (Å²) in [7, 11) is 3.02. The van der Waals surface area contributed by atoms with Gasteiger partial charge in [-0.05, 0) is 44.2 Å². The van der Waals surface area contributed by atoms with Gasteiger partial charge in [-0.25, -0.2) is 4.79 Å². The van der Waals surface area contributed by atoms with Crippen molar-refractivity contribution >= 4 is 46.6 Å². The number of para-hydroxylation sites is 1. The summed E-state index contributed by atoms with van der Waals surface area (Å²) in [5.74, 6) is 0.916. The van der Waals surface area contributed by atoms with Crippen LogP contribution in [0.4, 0.5) is 16.3 Å². The van der Waals surface area contributed by atoms with Crippen molar-refractivity contribution in [2.75, 3.05) is 24.9 Å². The van der Waals surface area contributed by atoms with E-state index in [1.807, 2.05) is 13.8 Å². The highest BCUT2D eigenvalue weighted by atomic mass is 35.5. The number of nitrogens with one attached hydrogen (secondary N) is 3. The molecule has 0 bridgehead atoms. The SMILES string of the molecule is COc1ccc(C(=O)Nc2n[nH]c3c2CN(C(=O)Nc2c(Cl)cccc2Cl)C3(C)C)cc1OC. The topological polar surface area (TPSA) is 109 Å². The minimum atomic E-state index is -0.730. The first-order valence-corrected chi connectivity index (χ1v) is 11.1. The van der Waals surface area contributed by atoms with Crippen molar-refractivity contribution in [2.24, 2.45) is 0 Å². The van der Waals surface area contributed by atoms with Gasteiger partial charge in [0, 0.05) is 11.1 Å². The maximum Gasteiger partial charge on any atom is 0.323 e. The number of amides is 3. The monoisotopic (exact) mass is 503 g/mol. The quantitative estimate of drug-likeness (QED) is 0.439. The van der Waals surface area contributed by atoms with Crippen LogP contribution < -0.4 is 20.1 Å². The second-order valence-electron chi connectivity index (χ2n) is 8.12. The van der Waals surface area contributed by atoms with Crippen LogP contribution in [0.3, 0.4) is 0 Å². The third-order valence-corrected chi connectivity index (χ3v) is 6.42. The molecule has 0 atom stereocenters. The predicted molar refractivity (Wildman–Crippen MR) is 130 cm³/mol. The lowest BCUT2D eigenvalue weighted by molar-refractivity contribution is 0.102. The summed E-state index contributed by atoms with van der Waals surface area (Å²) in [6.07, 6.45) is 0.